The fourth-order valence-electron chi connectivity index (χ4n) is 2.07. The molecule has 134 valence electrons. The van der Waals surface area contributed by atoms with Gasteiger partial charge in [-0.1, -0.05) is 21.5 Å². The summed E-state index contributed by atoms with van der Waals surface area (Å²) in [6.07, 6.45) is 1.17. The lowest BCUT2D eigenvalue weighted by atomic mass is 10.1. The Kier molecular flexibility index (Phi) is 4.99. The molecule has 1 aromatic carbocycles. The maximum Gasteiger partial charge on any atom is 0.339 e. The molecule has 3 aromatic rings. The number of benzene rings is 1. The second-order valence-electron chi connectivity index (χ2n) is 5.52. The van der Waals surface area contributed by atoms with Gasteiger partial charge in [-0.3, -0.25) is 0 Å². The van der Waals surface area contributed by atoms with E-state index >= 15 is 0 Å². The number of nitrogens with zero attached hydrogens (tertiary/aromatic N) is 5. The van der Waals surface area contributed by atoms with Gasteiger partial charge in [0.25, 0.3) is 5.95 Å². The number of halogens is 1. The molecule has 0 bridgehead atoms. The van der Waals surface area contributed by atoms with Crippen LogP contribution in [0.5, 0.6) is 0 Å². The van der Waals surface area contributed by atoms with E-state index in [1.165, 1.54) is 6.21 Å². The molecule has 0 fully saturated rings. The van der Waals surface area contributed by atoms with Crippen LogP contribution in [0.3, 0.4) is 0 Å². The van der Waals surface area contributed by atoms with E-state index < -0.39 is 5.97 Å². The lowest BCUT2D eigenvalue weighted by Gasteiger charge is -2.09. The van der Waals surface area contributed by atoms with E-state index in [0.29, 0.717) is 22.1 Å². The molecule has 10 heteroatoms. The van der Waals surface area contributed by atoms with E-state index in [1.54, 1.807) is 44.2 Å². The Balaban J connectivity index is 1.84. The Hall–Kier alpha value is -3.20. The van der Waals surface area contributed by atoms with Gasteiger partial charge in [0.2, 0.25) is 0 Å². The Morgan fingerprint density at radius 2 is 2.19 bits per heavy atom. The lowest BCUT2D eigenvalue weighted by Crippen LogP contribution is -2.12. The first kappa shape index (κ1) is 17.6. The Bertz CT molecular complexity index is 963. The average molecular weight is 375 g/mol. The van der Waals surface area contributed by atoms with Crippen LogP contribution in [0.1, 0.15) is 30.0 Å². The molecule has 0 aliphatic heterocycles. The number of hydrogen-bond acceptors (Lipinski definition) is 8. The van der Waals surface area contributed by atoms with E-state index in [9.17, 15) is 4.79 Å². The van der Waals surface area contributed by atoms with E-state index in [2.05, 4.69) is 20.6 Å². The highest BCUT2D eigenvalue weighted by molar-refractivity contribution is 6.33. The van der Waals surface area contributed by atoms with Gasteiger partial charge in [0, 0.05) is 5.56 Å². The molecule has 0 amide bonds. The summed E-state index contributed by atoms with van der Waals surface area (Å²) in [4.78, 5) is 13.2. The number of hydrogen-bond donors (Lipinski definition) is 1. The first-order valence-electron chi connectivity index (χ1n) is 7.63. The highest BCUT2D eigenvalue weighted by Gasteiger charge is 2.16. The highest BCUT2D eigenvalue weighted by Crippen LogP contribution is 2.27. The van der Waals surface area contributed by atoms with Gasteiger partial charge in [-0.2, -0.15) is 5.10 Å². The van der Waals surface area contributed by atoms with E-state index in [-0.39, 0.29) is 17.6 Å². The summed E-state index contributed by atoms with van der Waals surface area (Å²) in [6, 6.07) is 8.43. The van der Waals surface area contributed by atoms with Crippen molar-refractivity contribution in [1.82, 2.24) is 20.3 Å². The molecule has 0 atom stereocenters. The molecule has 2 N–H and O–H groups in total. The molecule has 0 saturated carbocycles. The minimum Gasteiger partial charge on any atom is -0.459 e. The molecule has 2 heterocycles. The Morgan fingerprint density at radius 1 is 1.38 bits per heavy atom. The maximum atomic E-state index is 12.1. The summed E-state index contributed by atoms with van der Waals surface area (Å²) < 4.78 is 10.9. The van der Waals surface area contributed by atoms with Gasteiger partial charge in [0.1, 0.15) is 11.5 Å². The van der Waals surface area contributed by atoms with Crippen molar-refractivity contribution in [2.24, 2.45) is 5.10 Å². The number of nitrogens with two attached hydrogens (primary N) is 1. The molecule has 0 aliphatic rings. The normalized spacial score (nSPS) is 11.4. The highest BCUT2D eigenvalue weighted by atomic mass is 35.5. The molecule has 9 nitrogen and oxygen atoms in total. The molecule has 0 aliphatic carbocycles. The zero-order valence-electron chi connectivity index (χ0n) is 14.0. The van der Waals surface area contributed by atoms with Gasteiger partial charge in [0.15, 0.2) is 0 Å². The first-order chi connectivity index (χ1) is 12.4. The van der Waals surface area contributed by atoms with E-state index in [0.717, 1.165) is 4.79 Å². The third-order valence-corrected chi connectivity index (χ3v) is 3.54. The zero-order valence-corrected chi connectivity index (χ0v) is 14.7. The summed E-state index contributed by atoms with van der Waals surface area (Å²) in [6.45, 7) is 3.54. The quantitative estimate of drug-likeness (QED) is 0.538. The van der Waals surface area contributed by atoms with Crippen molar-refractivity contribution in [1.29, 1.82) is 0 Å². The molecule has 2 aromatic heterocycles. The largest absolute Gasteiger partial charge is 0.459 e. The van der Waals surface area contributed by atoms with Crippen LogP contribution < -0.4 is 5.73 Å². The second-order valence-corrected chi connectivity index (χ2v) is 5.93. The molecular weight excluding hydrogens is 360 g/mol. The van der Waals surface area contributed by atoms with Gasteiger partial charge in [-0.15, -0.1) is 0 Å². The van der Waals surface area contributed by atoms with Gasteiger partial charge >= 0.3 is 5.97 Å². The number of nitrogen functional groups attached to an aromatic ring is 1. The third-order valence-electron chi connectivity index (χ3n) is 3.21. The molecule has 3 rings (SSSR count). The van der Waals surface area contributed by atoms with Crippen molar-refractivity contribution in [2.45, 2.75) is 20.0 Å². The number of aromatic nitrogens is 4. The topological polar surface area (TPSA) is 121 Å². The minimum absolute atomic E-state index is 0.0547. The van der Waals surface area contributed by atoms with Gasteiger partial charge in [0.05, 0.1) is 22.9 Å². The third kappa shape index (κ3) is 3.89. The van der Waals surface area contributed by atoms with Crippen LogP contribution in [0, 0.1) is 0 Å². The minimum atomic E-state index is -0.491. The van der Waals surface area contributed by atoms with E-state index in [1.807, 2.05) is 0 Å². The molecule has 0 radical (unpaired) electrons. The van der Waals surface area contributed by atoms with Crippen molar-refractivity contribution >= 4 is 29.7 Å². The summed E-state index contributed by atoms with van der Waals surface area (Å²) in [7, 11) is 0. The fourth-order valence-corrected chi connectivity index (χ4v) is 2.27. The van der Waals surface area contributed by atoms with Crippen LogP contribution in [-0.4, -0.2) is 38.6 Å². The molecule has 0 unspecified atom stereocenters. The monoisotopic (exact) mass is 374 g/mol. The van der Waals surface area contributed by atoms with Gasteiger partial charge < -0.3 is 14.9 Å². The first-order valence-corrected chi connectivity index (χ1v) is 8.01. The average Bonchev–Trinajstić information content (AvgIpc) is 3.21. The molecule has 26 heavy (non-hydrogen) atoms. The number of furan rings is 1. The predicted molar refractivity (Wildman–Crippen MR) is 94.9 cm³/mol. The van der Waals surface area contributed by atoms with Crippen LogP contribution in [0.4, 0.5) is 5.95 Å². The van der Waals surface area contributed by atoms with Crippen LogP contribution >= 0.6 is 11.6 Å². The number of ether oxygens (including phenoxy) is 1. The second kappa shape index (κ2) is 7.36. The Labute approximate surface area is 153 Å². The number of carbonyl (C=O) groups is 1. The predicted octanol–water partition coefficient (Wildman–Crippen LogP) is 2.62. The van der Waals surface area contributed by atoms with Crippen molar-refractivity contribution in [3.63, 3.8) is 0 Å². The summed E-state index contributed by atoms with van der Waals surface area (Å²) in [5, 5.41) is 14.8. The lowest BCUT2D eigenvalue weighted by molar-refractivity contribution is 0.0378. The number of rotatable bonds is 5. The molecule has 0 spiro atoms. The smallest absolute Gasteiger partial charge is 0.339 e. The van der Waals surface area contributed by atoms with Crippen molar-refractivity contribution in [2.75, 3.05) is 5.73 Å². The SMILES string of the molecule is CC(C)OC(=O)c1cc(-c2ccc(C=Nn3nnnc3N)o2)ccc1Cl. The number of esters is 1. The van der Waals surface area contributed by atoms with Crippen LogP contribution in [0.15, 0.2) is 39.9 Å². The van der Waals surface area contributed by atoms with Crippen LogP contribution in [0.2, 0.25) is 5.02 Å². The number of tetrazole rings is 1. The van der Waals surface area contributed by atoms with Crippen molar-refractivity contribution in [3.05, 3.63) is 46.7 Å². The molecular formula is C16H15ClN6O3. The summed E-state index contributed by atoms with van der Waals surface area (Å²) in [5.41, 5.74) is 6.46. The summed E-state index contributed by atoms with van der Waals surface area (Å²) >= 11 is 6.10. The standard InChI is InChI=1S/C16H15ClN6O3/c1-9(2)25-15(24)12-7-10(3-5-13(12)17)14-6-4-11(26-14)8-19-23-16(18)20-21-22-23/h3-9H,1-2H3,(H2,18,20,22). The Morgan fingerprint density at radius 3 is 2.88 bits per heavy atom. The van der Waals surface area contributed by atoms with E-state index in [4.69, 9.17) is 26.5 Å². The summed E-state index contributed by atoms with van der Waals surface area (Å²) in [5.74, 6) is 0.552. The molecule has 0 saturated heterocycles. The number of carbonyl (C=O) groups excluding carboxylic acids is 1. The number of anilines is 1. The maximum absolute atomic E-state index is 12.1. The fraction of sp³-hybridized carbons (Fsp3) is 0.188. The van der Waals surface area contributed by atoms with Crippen molar-refractivity contribution in [3.8, 4) is 11.3 Å². The zero-order chi connectivity index (χ0) is 18.7. The van der Waals surface area contributed by atoms with Gasteiger partial charge in [-0.05, 0) is 54.6 Å². The van der Waals surface area contributed by atoms with Crippen LogP contribution in [0.25, 0.3) is 11.3 Å². The van der Waals surface area contributed by atoms with Crippen molar-refractivity contribution < 1.29 is 13.9 Å². The van der Waals surface area contributed by atoms with Crippen LogP contribution in [-0.2, 0) is 4.74 Å². The van der Waals surface area contributed by atoms with Gasteiger partial charge in [-0.25, -0.2) is 4.79 Å².